The first-order valence-corrected chi connectivity index (χ1v) is 4.01. The highest BCUT2D eigenvalue weighted by Gasteiger charge is 2.18. The van der Waals surface area contributed by atoms with Crippen molar-refractivity contribution in [2.24, 2.45) is 5.73 Å². The molecule has 0 aliphatic rings. The van der Waals surface area contributed by atoms with E-state index in [2.05, 4.69) is 0 Å². The summed E-state index contributed by atoms with van der Waals surface area (Å²) in [6.45, 7) is 6.48. The Labute approximate surface area is 85.8 Å². The highest BCUT2D eigenvalue weighted by atomic mass is 35.5. The van der Waals surface area contributed by atoms with Gasteiger partial charge in [-0.25, -0.2) is 4.79 Å². The van der Waals surface area contributed by atoms with Gasteiger partial charge in [0.25, 0.3) is 0 Å². The Hall–Kier alpha value is -0.480. The fraction of sp³-hybridized carbons (Fsp3) is 0.875. The number of carbonyl (C=O) groups is 1. The SMILES string of the molecule is CN(CCN)C(=O)OC(C)(C)C.Cl. The van der Waals surface area contributed by atoms with Crippen LogP contribution in [0.25, 0.3) is 0 Å². The molecule has 0 aliphatic heterocycles. The molecule has 0 aromatic heterocycles. The van der Waals surface area contributed by atoms with Gasteiger partial charge in [-0.05, 0) is 20.8 Å². The van der Waals surface area contributed by atoms with E-state index < -0.39 is 5.60 Å². The first-order chi connectivity index (χ1) is 5.37. The highest BCUT2D eigenvalue weighted by Crippen LogP contribution is 2.08. The topological polar surface area (TPSA) is 55.6 Å². The van der Waals surface area contributed by atoms with E-state index in [1.807, 2.05) is 20.8 Å². The summed E-state index contributed by atoms with van der Waals surface area (Å²) in [7, 11) is 1.67. The molecule has 0 saturated heterocycles. The lowest BCUT2D eigenvalue weighted by Crippen LogP contribution is -2.36. The minimum absolute atomic E-state index is 0. The van der Waals surface area contributed by atoms with Crippen LogP contribution >= 0.6 is 12.4 Å². The molecule has 1 amide bonds. The Morgan fingerprint density at radius 2 is 1.92 bits per heavy atom. The smallest absolute Gasteiger partial charge is 0.410 e. The maximum Gasteiger partial charge on any atom is 0.410 e. The van der Waals surface area contributed by atoms with Crippen molar-refractivity contribution in [3.05, 3.63) is 0 Å². The van der Waals surface area contributed by atoms with Gasteiger partial charge < -0.3 is 15.4 Å². The van der Waals surface area contributed by atoms with Gasteiger partial charge in [0.15, 0.2) is 0 Å². The quantitative estimate of drug-likeness (QED) is 0.746. The lowest BCUT2D eigenvalue weighted by molar-refractivity contribution is 0.0304. The van der Waals surface area contributed by atoms with E-state index in [0.717, 1.165) is 0 Å². The Balaban J connectivity index is 0. The van der Waals surface area contributed by atoms with Crippen LogP contribution in [0.4, 0.5) is 4.79 Å². The number of likely N-dealkylation sites (N-methyl/N-ethyl adjacent to an activating group) is 1. The highest BCUT2D eigenvalue weighted by molar-refractivity contribution is 5.85. The second kappa shape index (κ2) is 6.05. The molecule has 0 heterocycles. The summed E-state index contributed by atoms with van der Waals surface area (Å²) in [4.78, 5) is 12.7. The molecule has 0 aromatic carbocycles. The molecular weight excluding hydrogens is 192 g/mol. The van der Waals surface area contributed by atoms with Gasteiger partial charge in [-0.2, -0.15) is 0 Å². The average Bonchev–Trinajstić information content (AvgIpc) is 1.84. The molecule has 13 heavy (non-hydrogen) atoms. The van der Waals surface area contributed by atoms with Gasteiger partial charge in [-0.1, -0.05) is 0 Å². The van der Waals surface area contributed by atoms with Crippen molar-refractivity contribution in [1.82, 2.24) is 4.90 Å². The third-order valence-electron chi connectivity index (χ3n) is 1.17. The third-order valence-corrected chi connectivity index (χ3v) is 1.17. The third kappa shape index (κ3) is 7.87. The number of amides is 1. The zero-order valence-electron chi connectivity index (χ0n) is 8.66. The van der Waals surface area contributed by atoms with E-state index in [0.29, 0.717) is 13.1 Å². The van der Waals surface area contributed by atoms with Crippen LogP contribution < -0.4 is 5.73 Å². The summed E-state index contributed by atoms with van der Waals surface area (Å²) in [6, 6.07) is 0. The molecular formula is C8H19ClN2O2. The lowest BCUT2D eigenvalue weighted by Gasteiger charge is -2.24. The van der Waals surface area contributed by atoms with Gasteiger partial charge >= 0.3 is 6.09 Å². The first kappa shape index (κ1) is 15.0. The van der Waals surface area contributed by atoms with Crippen molar-refractivity contribution in [1.29, 1.82) is 0 Å². The summed E-state index contributed by atoms with van der Waals surface area (Å²) in [5.41, 5.74) is 4.85. The normalized spacial score (nSPS) is 10.2. The summed E-state index contributed by atoms with van der Waals surface area (Å²) in [6.07, 6.45) is -0.326. The molecule has 0 aromatic rings. The second-order valence-electron chi connectivity index (χ2n) is 3.69. The van der Waals surface area contributed by atoms with E-state index >= 15 is 0 Å². The average molecular weight is 211 g/mol. The van der Waals surface area contributed by atoms with Crippen molar-refractivity contribution < 1.29 is 9.53 Å². The van der Waals surface area contributed by atoms with Gasteiger partial charge in [0.2, 0.25) is 0 Å². The molecule has 0 rings (SSSR count). The van der Waals surface area contributed by atoms with Crippen LogP contribution in [-0.2, 0) is 4.74 Å². The van der Waals surface area contributed by atoms with Crippen molar-refractivity contribution in [2.75, 3.05) is 20.1 Å². The number of hydrogen-bond acceptors (Lipinski definition) is 3. The van der Waals surface area contributed by atoms with Crippen LogP contribution in [0.15, 0.2) is 0 Å². The number of nitrogens with two attached hydrogens (primary N) is 1. The summed E-state index contributed by atoms with van der Waals surface area (Å²) in [5, 5.41) is 0. The van der Waals surface area contributed by atoms with Crippen molar-refractivity contribution in [3.63, 3.8) is 0 Å². The van der Waals surface area contributed by atoms with Crippen molar-refractivity contribution in [3.8, 4) is 0 Å². The summed E-state index contributed by atoms with van der Waals surface area (Å²) < 4.78 is 5.08. The lowest BCUT2D eigenvalue weighted by atomic mass is 10.2. The van der Waals surface area contributed by atoms with E-state index in [1.54, 1.807) is 7.05 Å². The van der Waals surface area contributed by atoms with Crippen LogP contribution in [0.1, 0.15) is 20.8 Å². The van der Waals surface area contributed by atoms with E-state index in [1.165, 1.54) is 4.90 Å². The van der Waals surface area contributed by atoms with Gasteiger partial charge in [-0.15, -0.1) is 12.4 Å². The molecule has 0 saturated carbocycles. The van der Waals surface area contributed by atoms with Crippen LogP contribution in [0.3, 0.4) is 0 Å². The van der Waals surface area contributed by atoms with Gasteiger partial charge in [0.05, 0.1) is 0 Å². The molecule has 0 fully saturated rings. The fourth-order valence-electron chi connectivity index (χ4n) is 0.625. The van der Waals surface area contributed by atoms with Crippen molar-refractivity contribution >= 4 is 18.5 Å². The molecule has 80 valence electrons. The molecule has 0 atom stereocenters. The van der Waals surface area contributed by atoms with Crippen LogP contribution in [0.2, 0.25) is 0 Å². The molecule has 0 spiro atoms. The molecule has 2 N–H and O–H groups in total. The molecule has 5 heteroatoms. The Morgan fingerprint density at radius 1 is 1.46 bits per heavy atom. The predicted molar refractivity (Wildman–Crippen MR) is 55.2 cm³/mol. The number of nitrogens with zero attached hydrogens (tertiary/aromatic N) is 1. The van der Waals surface area contributed by atoms with Crippen LogP contribution in [0.5, 0.6) is 0 Å². The molecule has 0 bridgehead atoms. The first-order valence-electron chi connectivity index (χ1n) is 4.01. The Bertz CT molecular complexity index is 157. The Kier molecular flexibility index (Phi) is 6.98. The number of halogens is 1. The zero-order valence-corrected chi connectivity index (χ0v) is 9.48. The van der Waals surface area contributed by atoms with Crippen LogP contribution in [0, 0.1) is 0 Å². The van der Waals surface area contributed by atoms with E-state index in [4.69, 9.17) is 10.5 Å². The van der Waals surface area contributed by atoms with Gasteiger partial charge in [0, 0.05) is 20.1 Å². The summed E-state index contributed by atoms with van der Waals surface area (Å²) >= 11 is 0. The number of carbonyl (C=O) groups excluding carboxylic acids is 1. The van der Waals surface area contributed by atoms with Crippen molar-refractivity contribution in [2.45, 2.75) is 26.4 Å². The summed E-state index contributed by atoms with van der Waals surface area (Å²) in [5.74, 6) is 0. The van der Waals surface area contributed by atoms with Gasteiger partial charge in [-0.3, -0.25) is 0 Å². The fourth-order valence-corrected chi connectivity index (χ4v) is 0.625. The standard InChI is InChI=1S/C8H18N2O2.ClH/c1-8(2,3)12-7(11)10(4)6-5-9;/h5-6,9H2,1-4H3;1H. The minimum Gasteiger partial charge on any atom is -0.444 e. The number of ether oxygens (including phenoxy) is 1. The van der Waals surface area contributed by atoms with Crippen LogP contribution in [-0.4, -0.2) is 36.7 Å². The zero-order chi connectivity index (χ0) is 9.78. The molecule has 4 nitrogen and oxygen atoms in total. The second-order valence-corrected chi connectivity index (χ2v) is 3.69. The number of rotatable bonds is 2. The van der Waals surface area contributed by atoms with E-state index in [-0.39, 0.29) is 18.5 Å². The minimum atomic E-state index is -0.431. The number of hydrogen-bond donors (Lipinski definition) is 1. The van der Waals surface area contributed by atoms with Gasteiger partial charge in [0.1, 0.15) is 5.60 Å². The largest absolute Gasteiger partial charge is 0.444 e. The molecule has 0 unspecified atom stereocenters. The maximum absolute atomic E-state index is 11.2. The molecule has 0 radical (unpaired) electrons. The van der Waals surface area contributed by atoms with E-state index in [9.17, 15) is 4.79 Å². The molecule has 0 aliphatic carbocycles. The Morgan fingerprint density at radius 3 is 2.23 bits per heavy atom. The predicted octanol–water partition coefficient (Wildman–Crippen LogP) is 1.23. The maximum atomic E-state index is 11.2. The monoisotopic (exact) mass is 210 g/mol.